The Balaban J connectivity index is 2.94. The molecule has 0 saturated carbocycles. The van der Waals surface area contributed by atoms with Crippen LogP contribution < -0.4 is 4.74 Å². The molecule has 0 aliphatic carbocycles. The summed E-state index contributed by atoms with van der Waals surface area (Å²) in [4.78, 5) is 11.8. The molecule has 100 valence electrons. The zero-order valence-corrected chi connectivity index (χ0v) is 11.0. The van der Waals surface area contributed by atoms with Crippen molar-refractivity contribution in [2.24, 2.45) is 0 Å². The van der Waals surface area contributed by atoms with Crippen LogP contribution in [-0.4, -0.2) is 42.6 Å². The molecule has 5 nitrogen and oxygen atoms in total. The van der Waals surface area contributed by atoms with Crippen LogP contribution in [0.1, 0.15) is 10.4 Å². The van der Waals surface area contributed by atoms with Gasteiger partial charge in [-0.05, 0) is 12.1 Å². The predicted octanol–water partition coefficient (Wildman–Crippen LogP) is 1.51. The fourth-order valence-electron chi connectivity index (χ4n) is 1.22. The molecule has 0 aliphatic heterocycles. The van der Waals surface area contributed by atoms with Crippen LogP contribution >= 0.6 is 23.2 Å². The number of rotatable bonds is 5. The average Bonchev–Trinajstić information content (AvgIpc) is 2.37. The van der Waals surface area contributed by atoms with Crippen molar-refractivity contribution in [1.82, 2.24) is 0 Å². The molecule has 0 fully saturated rings. The first-order chi connectivity index (χ1) is 8.51. The number of benzene rings is 1. The van der Waals surface area contributed by atoms with Gasteiger partial charge in [0, 0.05) is 0 Å². The molecule has 7 heteroatoms. The molecule has 0 amide bonds. The summed E-state index contributed by atoms with van der Waals surface area (Å²) in [5.74, 6) is -0.681. The van der Waals surface area contributed by atoms with Crippen molar-refractivity contribution in [3.63, 3.8) is 0 Å². The number of aliphatic hydroxyl groups is 2. The van der Waals surface area contributed by atoms with Gasteiger partial charge in [-0.3, -0.25) is 0 Å². The Hall–Kier alpha value is -1.01. The molecular formula is C11H12Cl2O5. The van der Waals surface area contributed by atoms with Crippen molar-refractivity contribution in [2.75, 3.05) is 20.3 Å². The Labute approximate surface area is 114 Å². The van der Waals surface area contributed by atoms with E-state index in [0.29, 0.717) is 0 Å². The summed E-state index contributed by atoms with van der Waals surface area (Å²) in [6.07, 6.45) is -1.14. The number of aliphatic hydroxyl groups excluding tert-OH is 2. The van der Waals surface area contributed by atoms with Gasteiger partial charge in [0.2, 0.25) is 0 Å². The molecule has 1 unspecified atom stereocenters. The number of hydrogen-bond donors (Lipinski definition) is 2. The van der Waals surface area contributed by atoms with E-state index < -0.39 is 18.7 Å². The molecule has 2 N–H and O–H groups in total. The van der Waals surface area contributed by atoms with E-state index in [1.165, 1.54) is 19.2 Å². The number of hydrogen-bond acceptors (Lipinski definition) is 5. The molecule has 0 radical (unpaired) electrons. The maximum Gasteiger partial charge on any atom is 0.343 e. The van der Waals surface area contributed by atoms with E-state index in [1.807, 2.05) is 0 Å². The first-order valence-corrected chi connectivity index (χ1v) is 5.74. The van der Waals surface area contributed by atoms with Crippen LogP contribution in [0.5, 0.6) is 5.75 Å². The zero-order valence-electron chi connectivity index (χ0n) is 9.52. The molecule has 0 aromatic heterocycles. The largest absolute Gasteiger partial charge is 0.494 e. The van der Waals surface area contributed by atoms with E-state index >= 15 is 0 Å². The van der Waals surface area contributed by atoms with Crippen molar-refractivity contribution in [1.29, 1.82) is 0 Å². The smallest absolute Gasteiger partial charge is 0.343 e. The highest BCUT2D eigenvalue weighted by Crippen LogP contribution is 2.34. The summed E-state index contributed by atoms with van der Waals surface area (Å²) in [7, 11) is 1.34. The molecule has 0 bridgehead atoms. The number of carbonyl (C=O) groups is 1. The molecule has 1 rings (SSSR count). The fraction of sp³-hybridized carbons (Fsp3) is 0.364. The Bertz CT molecular complexity index is 436. The second-order valence-corrected chi connectivity index (χ2v) is 4.19. The van der Waals surface area contributed by atoms with Crippen molar-refractivity contribution in [3.8, 4) is 5.75 Å². The molecule has 18 heavy (non-hydrogen) atoms. The summed E-state index contributed by atoms with van der Waals surface area (Å²) in [6.45, 7) is -0.852. The van der Waals surface area contributed by atoms with Crippen LogP contribution in [0.2, 0.25) is 10.0 Å². The zero-order chi connectivity index (χ0) is 13.7. The number of halogens is 2. The standard InChI is InChI=1S/C11H12Cl2O5/c1-17-10-8(13)3-2-7(12)9(10)11(16)18-5-6(15)4-14/h2-3,6,14-15H,4-5H2,1H3. The molecule has 1 atom stereocenters. The van der Waals surface area contributed by atoms with Crippen LogP contribution in [0.3, 0.4) is 0 Å². The van der Waals surface area contributed by atoms with Gasteiger partial charge in [-0.15, -0.1) is 0 Å². The Morgan fingerprint density at radius 2 is 2.00 bits per heavy atom. The van der Waals surface area contributed by atoms with Gasteiger partial charge in [0.15, 0.2) is 5.75 Å². The van der Waals surface area contributed by atoms with Gasteiger partial charge in [0.05, 0.1) is 23.8 Å². The quantitative estimate of drug-likeness (QED) is 0.805. The SMILES string of the molecule is COc1c(Cl)ccc(Cl)c1C(=O)OCC(O)CO. The minimum atomic E-state index is -1.14. The third-order valence-corrected chi connectivity index (χ3v) is 2.70. The van der Waals surface area contributed by atoms with E-state index in [4.69, 9.17) is 42.9 Å². The summed E-state index contributed by atoms with van der Waals surface area (Å²) in [6, 6.07) is 2.92. The molecule has 0 heterocycles. The maximum atomic E-state index is 11.8. The molecule has 0 spiro atoms. The predicted molar refractivity (Wildman–Crippen MR) is 66.4 cm³/mol. The Morgan fingerprint density at radius 3 is 2.56 bits per heavy atom. The number of carbonyl (C=O) groups excluding carboxylic acids is 1. The minimum Gasteiger partial charge on any atom is -0.494 e. The summed E-state index contributed by atoms with van der Waals surface area (Å²) in [5.41, 5.74) is -0.0168. The number of esters is 1. The highest BCUT2D eigenvalue weighted by molar-refractivity contribution is 6.37. The van der Waals surface area contributed by atoms with E-state index in [1.54, 1.807) is 0 Å². The molecule has 0 aliphatic rings. The summed E-state index contributed by atoms with van der Waals surface area (Å²) >= 11 is 11.7. The molecular weight excluding hydrogens is 283 g/mol. The fourth-order valence-corrected chi connectivity index (χ4v) is 1.68. The topological polar surface area (TPSA) is 76.0 Å². The third-order valence-electron chi connectivity index (χ3n) is 2.08. The van der Waals surface area contributed by atoms with Gasteiger partial charge in [0.25, 0.3) is 0 Å². The van der Waals surface area contributed by atoms with Crippen LogP contribution in [0.4, 0.5) is 0 Å². The van der Waals surface area contributed by atoms with E-state index in [-0.39, 0.29) is 28.0 Å². The number of ether oxygens (including phenoxy) is 2. The van der Waals surface area contributed by atoms with Gasteiger partial charge < -0.3 is 19.7 Å². The second-order valence-electron chi connectivity index (χ2n) is 3.37. The lowest BCUT2D eigenvalue weighted by atomic mass is 10.2. The van der Waals surface area contributed by atoms with Crippen LogP contribution in [0.15, 0.2) is 12.1 Å². The van der Waals surface area contributed by atoms with Gasteiger partial charge in [-0.1, -0.05) is 23.2 Å². The summed E-state index contributed by atoms with van der Waals surface area (Å²) in [5, 5.41) is 18.0. The molecule has 1 aromatic carbocycles. The lowest BCUT2D eigenvalue weighted by Gasteiger charge is -2.13. The lowest BCUT2D eigenvalue weighted by Crippen LogP contribution is -2.22. The van der Waals surface area contributed by atoms with Gasteiger partial charge in [0.1, 0.15) is 18.3 Å². The normalized spacial score (nSPS) is 12.1. The van der Waals surface area contributed by atoms with Crippen molar-refractivity contribution >= 4 is 29.2 Å². The van der Waals surface area contributed by atoms with Crippen molar-refractivity contribution < 1.29 is 24.5 Å². The maximum absolute atomic E-state index is 11.8. The highest BCUT2D eigenvalue weighted by atomic mass is 35.5. The van der Waals surface area contributed by atoms with E-state index in [0.717, 1.165) is 0 Å². The molecule has 0 saturated heterocycles. The monoisotopic (exact) mass is 294 g/mol. The highest BCUT2D eigenvalue weighted by Gasteiger charge is 2.21. The first-order valence-electron chi connectivity index (χ1n) is 4.99. The Morgan fingerprint density at radius 1 is 1.39 bits per heavy atom. The lowest BCUT2D eigenvalue weighted by molar-refractivity contribution is 0.00913. The van der Waals surface area contributed by atoms with E-state index in [2.05, 4.69) is 0 Å². The van der Waals surface area contributed by atoms with Crippen molar-refractivity contribution in [3.05, 3.63) is 27.7 Å². The van der Waals surface area contributed by atoms with Crippen LogP contribution in [0, 0.1) is 0 Å². The number of methoxy groups -OCH3 is 1. The Kier molecular flexibility index (Phi) is 5.68. The molecule has 1 aromatic rings. The van der Waals surface area contributed by atoms with Gasteiger partial charge in [-0.2, -0.15) is 0 Å². The van der Waals surface area contributed by atoms with Crippen LogP contribution in [-0.2, 0) is 4.74 Å². The summed E-state index contributed by atoms with van der Waals surface area (Å²) < 4.78 is 9.77. The van der Waals surface area contributed by atoms with Crippen molar-refractivity contribution in [2.45, 2.75) is 6.10 Å². The van der Waals surface area contributed by atoms with E-state index in [9.17, 15) is 4.79 Å². The third kappa shape index (κ3) is 3.49. The van der Waals surface area contributed by atoms with Gasteiger partial charge in [-0.25, -0.2) is 4.79 Å². The van der Waals surface area contributed by atoms with Gasteiger partial charge >= 0.3 is 5.97 Å². The van der Waals surface area contributed by atoms with Crippen LogP contribution in [0.25, 0.3) is 0 Å². The second kappa shape index (κ2) is 6.80. The average molecular weight is 295 g/mol. The first kappa shape index (κ1) is 15.0. The minimum absolute atomic E-state index is 0.0168.